The zero-order valence-corrected chi connectivity index (χ0v) is 16.5. The number of nitro benzene ring substituents is 1. The van der Waals surface area contributed by atoms with Gasteiger partial charge in [-0.05, 0) is 49.4 Å². The summed E-state index contributed by atoms with van der Waals surface area (Å²) in [4.78, 5) is 16.2. The Morgan fingerprint density at radius 3 is 2.90 bits per heavy atom. The van der Waals surface area contributed by atoms with E-state index in [0.717, 1.165) is 31.2 Å². The average Bonchev–Trinajstić information content (AvgIpc) is 3.35. The Bertz CT molecular complexity index is 1150. The van der Waals surface area contributed by atoms with Crippen LogP contribution >= 0.6 is 11.3 Å². The monoisotopic (exact) mass is 407 g/mol. The van der Waals surface area contributed by atoms with Crippen molar-refractivity contribution in [2.45, 2.75) is 25.7 Å². The van der Waals surface area contributed by atoms with E-state index < -0.39 is 4.92 Å². The van der Waals surface area contributed by atoms with Gasteiger partial charge in [0.05, 0.1) is 35.4 Å². The molecule has 7 nitrogen and oxygen atoms in total. The number of furan rings is 1. The number of fused-ring (bicyclic) bond motifs is 1. The first-order valence-electron chi connectivity index (χ1n) is 9.12. The summed E-state index contributed by atoms with van der Waals surface area (Å²) in [7, 11) is 1.45. The van der Waals surface area contributed by atoms with Gasteiger partial charge in [-0.3, -0.25) is 10.1 Å². The molecule has 0 atom stereocenters. The summed E-state index contributed by atoms with van der Waals surface area (Å²) in [5, 5.41) is 21.2. The molecule has 0 bridgehead atoms. The molecule has 2 heterocycles. The second-order valence-electron chi connectivity index (χ2n) is 6.60. The van der Waals surface area contributed by atoms with Gasteiger partial charge in [-0.15, -0.1) is 11.3 Å². The van der Waals surface area contributed by atoms with Crippen molar-refractivity contribution >= 4 is 28.2 Å². The van der Waals surface area contributed by atoms with Gasteiger partial charge in [-0.1, -0.05) is 0 Å². The first kappa shape index (κ1) is 18.9. The van der Waals surface area contributed by atoms with Gasteiger partial charge in [0, 0.05) is 10.9 Å². The smallest absolute Gasteiger partial charge is 0.273 e. The molecule has 0 aliphatic heterocycles. The van der Waals surface area contributed by atoms with E-state index in [9.17, 15) is 15.4 Å². The summed E-state index contributed by atoms with van der Waals surface area (Å²) >= 11 is 1.57. The second-order valence-corrected chi connectivity index (χ2v) is 7.69. The van der Waals surface area contributed by atoms with Crippen LogP contribution in [0.1, 0.15) is 34.6 Å². The summed E-state index contributed by atoms with van der Waals surface area (Å²) in [5.41, 5.74) is 2.38. The number of rotatable bonds is 5. The maximum Gasteiger partial charge on any atom is 0.273 e. The van der Waals surface area contributed by atoms with Crippen LogP contribution in [-0.4, -0.2) is 18.2 Å². The third-order valence-electron chi connectivity index (χ3n) is 4.86. The first-order valence-corrected chi connectivity index (χ1v) is 9.93. The van der Waals surface area contributed by atoms with Crippen LogP contribution in [0.3, 0.4) is 0 Å². The second kappa shape index (κ2) is 7.89. The van der Waals surface area contributed by atoms with E-state index >= 15 is 0 Å². The summed E-state index contributed by atoms with van der Waals surface area (Å²) in [5.74, 6) is 1.40. The minimum absolute atomic E-state index is 0.0513. The van der Waals surface area contributed by atoms with Crippen molar-refractivity contribution < 1.29 is 14.1 Å². The van der Waals surface area contributed by atoms with Gasteiger partial charge < -0.3 is 9.15 Å². The Morgan fingerprint density at radius 1 is 1.31 bits per heavy atom. The fourth-order valence-corrected chi connectivity index (χ4v) is 4.63. The van der Waals surface area contributed by atoms with Gasteiger partial charge >= 0.3 is 0 Å². The molecule has 0 fully saturated rings. The highest BCUT2D eigenvalue weighted by Gasteiger charge is 2.20. The van der Waals surface area contributed by atoms with Crippen molar-refractivity contribution in [2.24, 2.45) is 4.99 Å². The van der Waals surface area contributed by atoms with E-state index in [1.54, 1.807) is 35.8 Å². The van der Waals surface area contributed by atoms with Crippen LogP contribution < -0.4 is 4.74 Å². The summed E-state index contributed by atoms with van der Waals surface area (Å²) in [6, 6.07) is 10.2. The van der Waals surface area contributed by atoms with Crippen molar-refractivity contribution in [2.75, 3.05) is 7.11 Å². The molecule has 0 saturated carbocycles. The predicted octanol–water partition coefficient (Wildman–Crippen LogP) is 5.43. The highest BCUT2D eigenvalue weighted by molar-refractivity contribution is 7.16. The molecule has 2 aromatic heterocycles. The predicted molar refractivity (Wildman–Crippen MR) is 110 cm³/mol. The molecule has 0 amide bonds. The molecular formula is C21H17N3O4S. The summed E-state index contributed by atoms with van der Waals surface area (Å²) in [6.45, 7) is 0. The fourth-order valence-electron chi connectivity index (χ4n) is 3.44. The molecule has 3 aromatic rings. The van der Waals surface area contributed by atoms with Crippen molar-refractivity contribution in [3.8, 4) is 23.1 Å². The molecule has 1 aromatic carbocycles. The van der Waals surface area contributed by atoms with Crippen LogP contribution in [0.4, 0.5) is 10.7 Å². The molecular weight excluding hydrogens is 390 g/mol. The van der Waals surface area contributed by atoms with Crippen molar-refractivity contribution in [3.05, 3.63) is 62.2 Å². The number of nitrogens with zero attached hydrogens (tertiary/aromatic N) is 3. The molecule has 0 unspecified atom stereocenters. The number of non-ortho nitro benzene ring substituents is 1. The van der Waals surface area contributed by atoms with Crippen molar-refractivity contribution in [1.29, 1.82) is 5.26 Å². The third kappa shape index (κ3) is 3.65. The molecule has 0 saturated heterocycles. The molecule has 8 heteroatoms. The maximum atomic E-state index is 11.0. The molecule has 0 N–H and O–H groups in total. The molecule has 29 heavy (non-hydrogen) atoms. The SMILES string of the molecule is COc1cc([N+](=O)[O-])ccc1-c1ccc(/C=N/c2sc3c(c2C#N)CCCC3)o1. The lowest BCUT2D eigenvalue weighted by molar-refractivity contribution is -0.384. The highest BCUT2D eigenvalue weighted by Crippen LogP contribution is 2.39. The number of thiophene rings is 1. The highest BCUT2D eigenvalue weighted by atomic mass is 32.1. The number of hydrogen-bond donors (Lipinski definition) is 0. The van der Waals surface area contributed by atoms with E-state index in [1.165, 1.54) is 24.1 Å². The lowest BCUT2D eigenvalue weighted by Gasteiger charge is -2.09. The Balaban J connectivity index is 1.62. The number of aliphatic imine (C=N–C) groups is 1. The lowest BCUT2D eigenvalue weighted by atomic mass is 9.96. The molecule has 4 rings (SSSR count). The van der Waals surface area contributed by atoms with Crippen LogP contribution in [0.15, 0.2) is 39.7 Å². The van der Waals surface area contributed by atoms with Gasteiger partial charge in [-0.25, -0.2) is 4.99 Å². The molecule has 0 spiro atoms. The van der Waals surface area contributed by atoms with Gasteiger partial charge in [0.2, 0.25) is 0 Å². The molecule has 1 aliphatic rings. The number of ether oxygens (including phenoxy) is 1. The maximum absolute atomic E-state index is 11.0. The topological polar surface area (TPSA) is 102 Å². The van der Waals surface area contributed by atoms with Crippen LogP contribution in [0.5, 0.6) is 5.75 Å². The third-order valence-corrected chi connectivity index (χ3v) is 6.06. The zero-order chi connectivity index (χ0) is 20.4. The van der Waals surface area contributed by atoms with Crippen LogP contribution in [0.25, 0.3) is 11.3 Å². The van der Waals surface area contributed by atoms with Crippen LogP contribution in [-0.2, 0) is 12.8 Å². The Hall–Kier alpha value is -3.44. The van der Waals surface area contributed by atoms with Gasteiger partial charge in [0.1, 0.15) is 28.3 Å². The Kier molecular flexibility index (Phi) is 5.14. The number of aryl methyl sites for hydroxylation is 1. The van der Waals surface area contributed by atoms with Gasteiger partial charge in [-0.2, -0.15) is 5.26 Å². The van der Waals surface area contributed by atoms with Crippen molar-refractivity contribution in [3.63, 3.8) is 0 Å². The number of hydrogen-bond acceptors (Lipinski definition) is 7. The number of nitriles is 1. The Morgan fingerprint density at radius 2 is 2.14 bits per heavy atom. The van der Waals surface area contributed by atoms with E-state index in [0.29, 0.717) is 33.4 Å². The van der Waals surface area contributed by atoms with Gasteiger partial charge in [0.15, 0.2) is 0 Å². The van der Waals surface area contributed by atoms with E-state index in [4.69, 9.17) is 9.15 Å². The van der Waals surface area contributed by atoms with Crippen molar-refractivity contribution in [1.82, 2.24) is 0 Å². The summed E-state index contributed by atoms with van der Waals surface area (Å²) in [6.07, 6.45) is 5.81. The number of methoxy groups -OCH3 is 1. The quantitative estimate of drug-likeness (QED) is 0.319. The largest absolute Gasteiger partial charge is 0.496 e. The number of benzene rings is 1. The van der Waals surface area contributed by atoms with Gasteiger partial charge in [0.25, 0.3) is 5.69 Å². The van der Waals surface area contributed by atoms with E-state index in [1.807, 2.05) is 0 Å². The minimum Gasteiger partial charge on any atom is -0.496 e. The normalized spacial score (nSPS) is 13.2. The van der Waals surface area contributed by atoms with E-state index in [-0.39, 0.29) is 5.69 Å². The lowest BCUT2D eigenvalue weighted by Crippen LogP contribution is -1.99. The first-order chi connectivity index (χ1) is 14.1. The molecule has 146 valence electrons. The summed E-state index contributed by atoms with van der Waals surface area (Å²) < 4.78 is 11.1. The Labute approximate surface area is 171 Å². The fraction of sp³-hybridized carbons (Fsp3) is 0.238. The van der Waals surface area contributed by atoms with Crippen LogP contribution in [0, 0.1) is 21.4 Å². The standard InChI is InChI=1S/C21H17N3O4S/c1-27-19-10-13(24(25)26)6-8-16(19)18-9-7-14(28-18)12-23-21-17(11-22)15-4-2-3-5-20(15)29-21/h6-10,12H,2-5H2,1H3/b23-12+. The minimum atomic E-state index is -0.472. The van der Waals surface area contributed by atoms with E-state index in [2.05, 4.69) is 11.1 Å². The zero-order valence-electron chi connectivity index (χ0n) is 15.7. The van der Waals surface area contributed by atoms with Crippen LogP contribution in [0.2, 0.25) is 0 Å². The molecule has 1 aliphatic carbocycles. The average molecular weight is 407 g/mol. The molecule has 0 radical (unpaired) electrons. The number of nitro groups is 1.